The summed E-state index contributed by atoms with van der Waals surface area (Å²) in [4.78, 5) is 0. The van der Waals surface area contributed by atoms with E-state index in [1.54, 1.807) is 0 Å². The molecule has 3 N–H and O–H groups in total. The molecule has 1 rings (SSSR count). The van der Waals surface area contributed by atoms with Crippen molar-refractivity contribution in [1.29, 1.82) is 0 Å². The maximum absolute atomic E-state index is 5.72. The zero-order chi connectivity index (χ0) is 13.8. The molecule has 1 heterocycles. The second-order valence-corrected chi connectivity index (χ2v) is 7.29. The monoisotopic (exact) mass is 286 g/mol. The zero-order valence-electron chi connectivity index (χ0n) is 12.8. The largest absolute Gasteiger partial charge is 0.271 e. The summed E-state index contributed by atoms with van der Waals surface area (Å²) < 4.78 is 0. The Morgan fingerprint density at radius 2 is 1.68 bits per heavy atom. The van der Waals surface area contributed by atoms with Crippen LogP contribution in [0.25, 0.3) is 0 Å². The molecule has 1 aliphatic rings. The van der Waals surface area contributed by atoms with Gasteiger partial charge in [-0.15, -0.1) is 0 Å². The molecule has 0 radical (unpaired) electrons. The first kappa shape index (κ1) is 17.3. The van der Waals surface area contributed by atoms with Crippen molar-refractivity contribution in [2.45, 2.75) is 83.6 Å². The van der Waals surface area contributed by atoms with E-state index < -0.39 is 0 Å². The fraction of sp³-hybridized carbons (Fsp3) is 1.00. The summed E-state index contributed by atoms with van der Waals surface area (Å²) in [5.41, 5.74) is 3.05. The fourth-order valence-corrected chi connectivity index (χ4v) is 4.21. The molecule has 3 heteroatoms. The van der Waals surface area contributed by atoms with Gasteiger partial charge >= 0.3 is 0 Å². The Bertz CT molecular complexity index is 193. The number of thioether (sulfide) groups is 1. The number of hydrogen-bond donors (Lipinski definition) is 2. The quantitative estimate of drug-likeness (QED) is 0.334. The minimum Gasteiger partial charge on any atom is -0.271 e. The number of hydrazine groups is 1. The van der Waals surface area contributed by atoms with E-state index in [1.165, 1.54) is 82.1 Å². The van der Waals surface area contributed by atoms with Crippen LogP contribution >= 0.6 is 11.8 Å². The van der Waals surface area contributed by atoms with E-state index in [4.69, 9.17) is 5.84 Å². The van der Waals surface area contributed by atoms with E-state index >= 15 is 0 Å². The highest BCUT2D eigenvalue weighted by Gasteiger charge is 2.18. The van der Waals surface area contributed by atoms with Crippen molar-refractivity contribution >= 4 is 11.8 Å². The average molecular weight is 287 g/mol. The van der Waals surface area contributed by atoms with E-state index in [9.17, 15) is 0 Å². The standard InChI is InChI=1S/C16H34N2S/c1-2-3-4-5-6-7-8-9-16(18-17)14-15-10-12-19-13-11-15/h15-16,18H,2-14,17H2,1H3. The van der Waals surface area contributed by atoms with Crippen molar-refractivity contribution in [3.63, 3.8) is 0 Å². The molecule has 114 valence electrons. The van der Waals surface area contributed by atoms with Crippen LogP contribution in [0, 0.1) is 5.92 Å². The lowest BCUT2D eigenvalue weighted by Gasteiger charge is -2.26. The lowest BCUT2D eigenvalue weighted by molar-refractivity contribution is 0.345. The Hall–Kier alpha value is 0.270. The molecule has 1 saturated heterocycles. The van der Waals surface area contributed by atoms with Gasteiger partial charge in [0.25, 0.3) is 0 Å². The van der Waals surface area contributed by atoms with Crippen molar-refractivity contribution in [3.05, 3.63) is 0 Å². The van der Waals surface area contributed by atoms with Crippen molar-refractivity contribution in [1.82, 2.24) is 5.43 Å². The molecule has 1 aliphatic heterocycles. The van der Waals surface area contributed by atoms with Crippen LogP contribution < -0.4 is 11.3 Å². The molecule has 0 aromatic rings. The molecule has 1 unspecified atom stereocenters. The summed E-state index contributed by atoms with van der Waals surface area (Å²) in [5.74, 6) is 9.36. The fourth-order valence-electron chi connectivity index (χ4n) is 3.00. The van der Waals surface area contributed by atoms with E-state index in [1.807, 2.05) is 0 Å². The van der Waals surface area contributed by atoms with Gasteiger partial charge in [-0.1, -0.05) is 51.9 Å². The Labute approximate surface area is 124 Å². The number of nitrogens with one attached hydrogen (secondary N) is 1. The number of hydrogen-bond acceptors (Lipinski definition) is 3. The molecular weight excluding hydrogens is 252 g/mol. The smallest absolute Gasteiger partial charge is 0.0213 e. The molecule has 19 heavy (non-hydrogen) atoms. The van der Waals surface area contributed by atoms with E-state index in [2.05, 4.69) is 24.1 Å². The Morgan fingerprint density at radius 3 is 2.32 bits per heavy atom. The van der Waals surface area contributed by atoms with Crippen molar-refractivity contribution in [2.75, 3.05) is 11.5 Å². The van der Waals surface area contributed by atoms with Crippen molar-refractivity contribution in [3.8, 4) is 0 Å². The lowest BCUT2D eigenvalue weighted by Crippen LogP contribution is -2.37. The second-order valence-electron chi connectivity index (χ2n) is 6.07. The third-order valence-electron chi connectivity index (χ3n) is 4.35. The van der Waals surface area contributed by atoms with Gasteiger partial charge in [0.1, 0.15) is 0 Å². The van der Waals surface area contributed by atoms with Crippen LogP contribution in [0.2, 0.25) is 0 Å². The van der Waals surface area contributed by atoms with Crippen LogP contribution in [-0.2, 0) is 0 Å². The molecule has 1 fully saturated rings. The third-order valence-corrected chi connectivity index (χ3v) is 5.40. The molecule has 2 nitrogen and oxygen atoms in total. The molecule has 0 amide bonds. The van der Waals surface area contributed by atoms with Gasteiger partial charge in [0.05, 0.1) is 0 Å². The predicted octanol–water partition coefficient (Wildman–Crippen LogP) is 4.49. The van der Waals surface area contributed by atoms with Crippen LogP contribution in [0.3, 0.4) is 0 Å². The summed E-state index contributed by atoms with van der Waals surface area (Å²) in [7, 11) is 0. The topological polar surface area (TPSA) is 38.0 Å². The Kier molecular flexibility index (Phi) is 11.0. The van der Waals surface area contributed by atoms with E-state index in [-0.39, 0.29) is 0 Å². The van der Waals surface area contributed by atoms with Crippen LogP contribution in [-0.4, -0.2) is 17.5 Å². The highest BCUT2D eigenvalue weighted by Crippen LogP contribution is 2.27. The minimum atomic E-state index is 0.559. The second kappa shape index (κ2) is 12.0. The van der Waals surface area contributed by atoms with Crippen LogP contribution in [0.15, 0.2) is 0 Å². The Morgan fingerprint density at radius 1 is 1.05 bits per heavy atom. The maximum Gasteiger partial charge on any atom is 0.0213 e. The first-order valence-electron chi connectivity index (χ1n) is 8.40. The molecule has 0 spiro atoms. The molecule has 0 aromatic carbocycles. The number of nitrogens with two attached hydrogens (primary N) is 1. The van der Waals surface area contributed by atoms with Crippen LogP contribution in [0.1, 0.15) is 77.6 Å². The normalized spacial score (nSPS) is 18.6. The van der Waals surface area contributed by atoms with Gasteiger partial charge in [-0.3, -0.25) is 11.3 Å². The van der Waals surface area contributed by atoms with Gasteiger partial charge < -0.3 is 0 Å². The van der Waals surface area contributed by atoms with Crippen LogP contribution in [0.5, 0.6) is 0 Å². The summed E-state index contributed by atoms with van der Waals surface area (Å²) in [6.45, 7) is 2.28. The summed E-state index contributed by atoms with van der Waals surface area (Å²) in [5, 5.41) is 0. The molecule has 0 aromatic heterocycles. The van der Waals surface area contributed by atoms with Gasteiger partial charge in [0.15, 0.2) is 0 Å². The molecular formula is C16H34N2S. The highest BCUT2D eigenvalue weighted by atomic mass is 32.2. The lowest BCUT2D eigenvalue weighted by atomic mass is 9.92. The highest BCUT2D eigenvalue weighted by molar-refractivity contribution is 7.99. The summed E-state index contributed by atoms with van der Waals surface area (Å²) in [6.07, 6.45) is 15.1. The first-order valence-corrected chi connectivity index (χ1v) is 9.56. The molecule has 1 atom stereocenters. The Balaban J connectivity index is 1.98. The van der Waals surface area contributed by atoms with Crippen LogP contribution in [0.4, 0.5) is 0 Å². The average Bonchev–Trinajstić information content (AvgIpc) is 2.46. The van der Waals surface area contributed by atoms with Gasteiger partial charge in [-0.2, -0.15) is 11.8 Å². The number of unbranched alkanes of at least 4 members (excludes halogenated alkanes) is 6. The predicted molar refractivity (Wildman–Crippen MR) is 88.4 cm³/mol. The van der Waals surface area contributed by atoms with Gasteiger partial charge in [-0.05, 0) is 43.1 Å². The third kappa shape index (κ3) is 8.93. The minimum absolute atomic E-state index is 0.559. The first-order chi connectivity index (χ1) is 9.36. The van der Waals surface area contributed by atoms with Crippen molar-refractivity contribution in [2.24, 2.45) is 11.8 Å². The van der Waals surface area contributed by atoms with Gasteiger partial charge in [0, 0.05) is 6.04 Å². The van der Waals surface area contributed by atoms with E-state index in [0.29, 0.717) is 6.04 Å². The van der Waals surface area contributed by atoms with E-state index in [0.717, 1.165) is 5.92 Å². The number of rotatable bonds is 11. The molecule has 0 saturated carbocycles. The molecule has 0 bridgehead atoms. The summed E-state index contributed by atoms with van der Waals surface area (Å²) in [6, 6.07) is 0.559. The molecule has 0 aliphatic carbocycles. The zero-order valence-corrected chi connectivity index (χ0v) is 13.6. The van der Waals surface area contributed by atoms with Crippen molar-refractivity contribution < 1.29 is 0 Å². The van der Waals surface area contributed by atoms with Gasteiger partial charge in [0.2, 0.25) is 0 Å². The van der Waals surface area contributed by atoms with Gasteiger partial charge in [-0.25, -0.2) is 0 Å². The maximum atomic E-state index is 5.72. The summed E-state index contributed by atoms with van der Waals surface area (Å²) >= 11 is 2.11. The SMILES string of the molecule is CCCCCCCCCC(CC1CCSCC1)NN.